The van der Waals surface area contributed by atoms with Crippen molar-refractivity contribution >= 4 is 18.0 Å². The van der Waals surface area contributed by atoms with Crippen LogP contribution in [0.4, 0.5) is 5.69 Å². The summed E-state index contributed by atoms with van der Waals surface area (Å²) in [7, 11) is 0. The molecule has 1 heterocycles. The molecule has 1 aliphatic rings. The average molecular weight is 203 g/mol. The molecular weight excluding hydrogens is 192 g/mol. The topological polar surface area (TPSA) is 58.2 Å². The number of anilines is 1. The zero-order valence-corrected chi connectivity index (χ0v) is 8.12. The van der Waals surface area contributed by atoms with Crippen molar-refractivity contribution in [3.8, 4) is 0 Å². The molecule has 0 bridgehead atoms. The van der Waals surface area contributed by atoms with E-state index in [1.807, 2.05) is 24.3 Å². The van der Waals surface area contributed by atoms with Gasteiger partial charge in [-0.2, -0.15) is 0 Å². The van der Waals surface area contributed by atoms with E-state index in [1.165, 1.54) is 0 Å². The highest BCUT2D eigenvalue weighted by molar-refractivity contribution is 5.97. The van der Waals surface area contributed by atoms with Gasteiger partial charge in [-0.05, 0) is 24.5 Å². The molecule has 1 aromatic rings. The fraction of sp³-hybridized carbons (Fsp3) is 0.273. The second kappa shape index (κ2) is 4.13. The van der Waals surface area contributed by atoms with Gasteiger partial charge in [-0.3, -0.25) is 9.59 Å². The minimum absolute atomic E-state index is 0.177. The zero-order chi connectivity index (χ0) is 10.7. The summed E-state index contributed by atoms with van der Waals surface area (Å²) in [4.78, 5) is 21.8. The summed E-state index contributed by atoms with van der Waals surface area (Å²) >= 11 is 0. The Balaban J connectivity index is 2.22. The molecule has 2 N–H and O–H groups in total. The molecule has 0 aliphatic carbocycles. The minimum atomic E-state index is -0.477. The maximum absolute atomic E-state index is 11.6. The summed E-state index contributed by atoms with van der Waals surface area (Å²) in [5, 5.41) is 5.17. The maximum atomic E-state index is 11.6. The van der Waals surface area contributed by atoms with Gasteiger partial charge in [0.05, 0.1) is 0 Å². The average Bonchev–Trinajstić information content (AvgIpc) is 2.40. The van der Waals surface area contributed by atoms with Gasteiger partial charge in [0.1, 0.15) is 6.04 Å². The highest BCUT2D eigenvalue weighted by Gasteiger charge is 2.22. The Bertz CT molecular complexity index is 390. The Morgan fingerprint density at radius 2 is 2.20 bits per heavy atom. The molecule has 0 saturated heterocycles. The van der Waals surface area contributed by atoms with E-state index in [-0.39, 0.29) is 5.91 Å². The molecule has 0 aromatic heterocycles. The Labute approximate surface area is 87.7 Å². The third-order valence-corrected chi connectivity index (χ3v) is 2.53. The number of aryl methyl sites for hydroxylation is 1. The minimum Gasteiger partial charge on any atom is -0.336 e. The van der Waals surface area contributed by atoms with Crippen molar-refractivity contribution in [3.63, 3.8) is 0 Å². The van der Waals surface area contributed by atoms with E-state index in [1.54, 1.807) is 6.41 Å². The van der Waals surface area contributed by atoms with Gasteiger partial charge in [-0.1, -0.05) is 18.2 Å². The van der Waals surface area contributed by atoms with Gasteiger partial charge < -0.3 is 10.6 Å². The van der Waals surface area contributed by atoms with E-state index < -0.39 is 6.04 Å². The van der Waals surface area contributed by atoms with Crippen molar-refractivity contribution in [1.29, 1.82) is 0 Å². The fourth-order valence-corrected chi connectivity index (χ4v) is 1.72. The summed E-state index contributed by atoms with van der Waals surface area (Å²) in [6, 6.07) is 7.17. The van der Waals surface area contributed by atoms with Crippen LogP contribution in [0.1, 0.15) is 12.0 Å². The van der Waals surface area contributed by atoms with E-state index in [0.717, 1.165) is 17.7 Å². The van der Waals surface area contributed by atoms with Gasteiger partial charge in [-0.15, -0.1) is 0 Å². The first-order valence-corrected chi connectivity index (χ1v) is 4.82. The molecule has 4 nitrogen and oxygen atoms in total. The third-order valence-electron chi connectivity index (χ3n) is 2.53. The zero-order valence-electron chi connectivity index (χ0n) is 8.12. The predicted molar refractivity (Wildman–Crippen MR) is 56.0 cm³/mol. The summed E-state index contributed by atoms with van der Waals surface area (Å²) in [6.45, 7) is 0. The van der Waals surface area contributed by atoms with Crippen molar-refractivity contribution in [3.05, 3.63) is 29.8 Å². The standard InChI is InChI=1S/C11H11N2O2/c14-7-12-10-6-5-8-3-1-2-4-9(8)13-11(10)15/h1-4,10H,5-6H2,(H,12,14)(H,13,15)/t10-/m0/s1. The molecule has 77 valence electrons. The summed E-state index contributed by atoms with van der Waals surface area (Å²) < 4.78 is 0. The SMILES string of the molecule is O=[C]N[C@H]1CCc2ccccc2NC1=O. The van der Waals surface area contributed by atoms with Crippen molar-refractivity contribution in [2.45, 2.75) is 18.9 Å². The summed E-state index contributed by atoms with van der Waals surface area (Å²) in [5.74, 6) is -0.177. The molecule has 1 radical (unpaired) electrons. The van der Waals surface area contributed by atoms with E-state index >= 15 is 0 Å². The number of amides is 2. The van der Waals surface area contributed by atoms with Crippen molar-refractivity contribution in [2.75, 3.05) is 5.32 Å². The lowest BCUT2D eigenvalue weighted by molar-refractivity contribution is -0.117. The number of carbonyl (C=O) groups excluding carboxylic acids is 2. The number of hydrogen-bond donors (Lipinski definition) is 2. The molecule has 0 fully saturated rings. The smallest absolute Gasteiger partial charge is 0.309 e. The molecule has 1 aliphatic heterocycles. The molecular formula is C11H11N2O2. The first-order chi connectivity index (χ1) is 7.31. The van der Waals surface area contributed by atoms with E-state index in [2.05, 4.69) is 10.6 Å². The first kappa shape index (κ1) is 9.71. The quantitative estimate of drug-likeness (QED) is 0.691. The lowest BCUT2D eigenvalue weighted by Gasteiger charge is -2.10. The highest BCUT2D eigenvalue weighted by atomic mass is 16.2. The van der Waals surface area contributed by atoms with Gasteiger partial charge in [-0.25, -0.2) is 0 Å². The number of nitrogens with one attached hydrogen (secondary N) is 2. The fourth-order valence-electron chi connectivity index (χ4n) is 1.72. The molecule has 2 rings (SSSR count). The normalized spacial score (nSPS) is 19.7. The molecule has 1 aromatic carbocycles. The van der Waals surface area contributed by atoms with Crippen LogP contribution in [0.3, 0.4) is 0 Å². The van der Waals surface area contributed by atoms with E-state index in [0.29, 0.717) is 6.42 Å². The van der Waals surface area contributed by atoms with Gasteiger partial charge in [0.25, 0.3) is 0 Å². The number of fused-ring (bicyclic) bond motifs is 1. The van der Waals surface area contributed by atoms with E-state index in [9.17, 15) is 9.59 Å². The Morgan fingerprint density at radius 1 is 1.40 bits per heavy atom. The van der Waals surface area contributed by atoms with Crippen LogP contribution in [-0.4, -0.2) is 18.4 Å². The van der Waals surface area contributed by atoms with Crippen LogP contribution >= 0.6 is 0 Å². The van der Waals surface area contributed by atoms with Gasteiger partial charge in [0.15, 0.2) is 0 Å². The van der Waals surface area contributed by atoms with Crippen LogP contribution in [0.5, 0.6) is 0 Å². The third kappa shape index (κ3) is 1.98. The van der Waals surface area contributed by atoms with Crippen LogP contribution < -0.4 is 10.6 Å². The van der Waals surface area contributed by atoms with E-state index in [4.69, 9.17) is 0 Å². The van der Waals surface area contributed by atoms with Crippen LogP contribution in [0.15, 0.2) is 24.3 Å². The maximum Gasteiger partial charge on any atom is 0.309 e. The van der Waals surface area contributed by atoms with Crippen molar-refractivity contribution in [1.82, 2.24) is 5.32 Å². The van der Waals surface area contributed by atoms with Crippen LogP contribution in [0.25, 0.3) is 0 Å². The predicted octanol–water partition coefficient (Wildman–Crippen LogP) is 0.597. The molecule has 4 heteroatoms. The number of rotatable bonds is 2. The molecule has 2 amide bonds. The largest absolute Gasteiger partial charge is 0.336 e. The van der Waals surface area contributed by atoms with Crippen LogP contribution in [0.2, 0.25) is 0 Å². The van der Waals surface area contributed by atoms with Gasteiger partial charge in [0.2, 0.25) is 5.91 Å². The highest BCUT2D eigenvalue weighted by Crippen LogP contribution is 2.21. The Hall–Kier alpha value is -1.84. The first-order valence-electron chi connectivity index (χ1n) is 4.82. The summed E-state index contributed by atoms with van der Waals surface area (Å²) in [5.41, 5.74) is 1.93. The molecule has 15 heavy (non-hydrogen) atoms. The Morgan fingerprint density at radius 3 is 3.00 bits per heavy atom. The molecule has 1 atom stereocenters. The van der Waals surface area contributed by atoms with Crippen molar-refractivity contribution in [2.24, 2.45) is 0 Å². The second-order valence-electron chi connectivity index (χ2n) is 3.48. The van der Waals surface area contributed by atoms with Gasteiger partial charge in [0, 0.05) is 5.69 Å². The molecule has 0 saturated carbocycles. The molecule has 0 unspecified atom stereocenters. The number of carbonyl (C=O) groups is 1. The van der Waals surface area contributed by atoms with Crippen LogP contribution in [-0.2, 0) is 16.0 Å². The molecule has 0 spiro atoms. The van der Waals surface area contributed by atoms with Crippen molar-refractivity contribution < 1.29 is 9.59 Å². The Kier molecular flexibility index (Phi) is 2.67. The second-order valence-corrected chi connectivity index (χ2v) is 3.48. The summed E-state index contributed by atoms with van der Waals surface area (Å²) in [6.07, 6.45) is 2.94. The number of benzene rings is 1. The lowest BCUT2D eigenvalue weighted by Crippen LogP contribution is -2.38. The number of hydrogen-bond acceptors (Lipinski definition) is 2. The van der Waals surface area contributed by atoms with Gasteiger partial charge >= 0.3 is 6.41 Å². The lowest BCUT2D eigenvalue weighted by atomic mass is 10.1. The van der Waals surface area contributed by atoms with Crippen LogP contribution in [0, 0.1) is 0 Å². The monoisotopic (exact) mass is 203 g/mol. The number of para-hydroxylation sites is 1.